The molecule has 0 unspecified atom stereocenters. The molecule has 2 aromatic rings. The molecule has 0 atom stereocenters. The molecule has 2 heterocycles. The van der Waals surface area contributed by atoms with Crippen molar-refractivity contribution in [1.82, 2.24) is 9.88 Å². The van der Waals surface area contributed by atoms with Gasteiger partial charge in [-0.05, 0) is 64.2 Å². The Morgan fingerprint density at radius 1 is 1.28 bits per heavy atom. The van der Waals surface area contributed by atoms with Gasteiger partial charge in [0.25, 0.3) is 5.91 Å². The number of anilines is 2. The number of halogens is 1. The van der Waals surface area contributed by atoms with Gasteiger partial charge in [-0.2, -0.15) is 0 Å². The maximum Gasteiger partial charge on any atom is 0.277 e. The van der Waals surface area contributed by atoms with E-state index in [0.29, 0.717) is 21.8 Å². The Labute approximate surface area is 184 Å². The molecule has 6 nitrogen and oxygen atoms in total. The molecule has 1 aromatic heterocycles. The second kappa shape index (κ2) is 9.93. The summed E-state index contributed by atoms with van der Waals surface area (Å²) in [6.45, 7) is 6.17. The summed E-state index contributed by atoms with van der Waals surface area (Å²) in [6, 6.07) is 7.42. The SMILES string of the molecule is CSc1nc(C(=O)Nc2cccc(Cl)c2)c(NC(=O)C2CCN(C(C)C)CC2)s1. The van der Waals surface area contributed by atoms with Crippen molar-refractivity contribution in [2.24, 2.45) is 5.92 Å². The minimum Gasteiger partial charge on any atom is -0.321 e. The Balaban J connectivity index is 1.70. The molecule has 2 N–H and O–H groups in total. The zero-order valence-electron chi connectivity index (χ0n) is 16.7. The third-order valence-corrected chi connectivity index (χ3v) is 7.14. The van der Waals surface area contributed by atoms with Gasteiger partial charge in [0, 0.05) is 22.7 Å². The lowest BCUT2D eigenvalue weighted by Crippen LogP contribution is -2.41. The number of thioether (sulfide) groups is 1. The number of likely N-dealkylation sites (tertiary alicyclic amines) is 1. The van der Waals surface area contributed by atoms with Crippen LogP contribution >= 0.6 is 34.7 Å². The van der Waals surface area contributed by atoms with Crippen LogP contribution in [-0.2, 0) is 4.79 Å². The predicted octanol–water partition coefficient (Wildman–Crippen LogP) is 4.83. The minimum absolute atomic E-state index is 0.0403. The van der Waals surface area contributed by atoms with E-state index in [1.165, 1.54) is 23.1 Å². The normalized spacial score (nSPS) is 15.5. The van der Waals surface area contributed by atoms with Crippen molar-refractivity contribution in [3.63, 3.8) is 0 Å². The largest absolute Gasteiger partial charge is 0.321 e. The standard InChI is InChI=1S/C20H25ClN4O2S2/c1-12(2)25-9-7-13(8-10-25)17(26)24-19-16(23-20(28-3)29-19)18(27)22-15-6-4-5-14(21)11-15/h4-6,11-13H,7-10H2,1-3H3,(H,22,27)(H,24,26). The van der Waals surface area contributed by atoms with Crippen LogP contribution in [0.25, 0.3) is 0 Å². The fourth-order valence-electron chi connectivity index (χ4n) is 3.27. The molecule has 0 aliphatic carbocycles. The molecule has 29 heavy (non-hydrogen) atoms. The van der Waals surface area contributed by atoms with E-state index in [9.17, 15) is 9.59 Å². The highest BCUT2D eigenvalue weighted by molar-refractivity contribution is 8.00. The van der Waals surface area contributed by atoms with Crippen LogP contribution in [0.1, 0.15) is 37.2 Å². The van der Waals surface area contributed by atoms with Gasteiger partial charge in [-0.25, -0.2) is 4.98 Å². The molecule has 0 bridgehead atoms. The number of carbonyl (C=O) groups is 2. The third kappa shape index (κ3) is 5.72. The lowest BCUT2D eigenvalue weighted by Gasteiger charge is -2.33. The van der Waals surface area contributed by atoms with Crippen molar-refractivity contribution in [1.29, 1.82) is 0 Å². The Morgan fingerprint density at radius 2 is 2.00 bits per heavy atom. The molecular formula is C20H25ClN4O2S2. The lowest BCUT2D eigenvalue weighted by molar-refractivity contribution is -0.121. The van der Waals surface area contributed by atoms with E-state index in [2.05, 4.69) is 34.4 Å². The van der Waals surface area contributed by atoms with Crippen molar-refractivity contribution < 1.29 is 9.59 Å². The van der Waals surface area contributed by atoms with Gasteiger partial charge in [-0.1, -0.05) is 40.8 Å². The topological polar surface area (TPSA) is 74.3 Å². The summed E-state index contributed by atoms with van der Waals surface area (Å²) in [4.78, 5) is 32.4. The van der Waals surface area contributed by atoms with Crippen molar-refractivity contribution in [2.45, 2.75) is 37.1 Å². The number of aromatic nitrogens is 1. The van der Waals surface area contributed by atoms with E-state index in [4.69, 9.17) is 11.6 Å². The van der Waals surface area contributed by atoms with Gasteiger partial charge in [-0.15, -0.1) is 0 Å². The quantitative estimate of drug-likeness (QED) is 0.614. The van der Waals surface area contributed by atoms with Gasteiger partial charge in [0.15, 0.2) is 10.0 Å². The van der Waals surface area contributed by atoms with Crippen LogP contribution in [0.3, 0.4) is 0 Å². The first-order valence-corrected chi connectivity index (χ1v) is 12.0. The number of carbonyl (C=O) groups excluding carboxylic acids is 2. The molecule has 1 aliphatic rings. The number of hydrogen-bond acceptors (Lipinski definition) is 6. The average molecular weight is 453 g/mol. The highest BCUT2D eigenvalue weighted by atomic mass is 35.5. The summed E-state index contributed by atoms with van der Waals surface area (Å²) in [5.74, 6) is -0.455. The highest BCUT2D eigenvalue weighted by Gasteiger charge is 2.28. The molecule has 2 amide bonds. The minimum atomic E-state index is -0.367. The van der Waals surface area contributed by atoms with Crippen molar-refractivity contribution >= 4 is 57.2 Å². The fourth-order valence-corrected chi connectivity index (χ4v) is 4.93. The van der Waals surface area contributed by atoms with Crippen LogP contribution in [-0.4, -0.2) is 47.1 Å². The molecule has 1 aliphatic heterocycles. The van der Waals surface area contributed by atoms with Crippen molar-refractivity contribution in [3.05, 3.63) is 35.0 Å². The molecule has 0 spiro atoms. The monoisotopic (exact) mass is 452 g/mol. The fraction of sp³-hybridized carbons (Fsp3) is 0.450. The smallest absolute Gasteiger partial charge is 0.277 e. The molecule has 9 heteroatoms. The number of piperidine rings is 1. The summed E-state index contributed by atoms with van der Waals surface area (Å²) in [6.07, 6.45) is 3.54. The average Bonchev–Trinajstić information content (AvgIpc) is 3.11. The van der Waals surface area contributed by atoms with Crippen LogP contribution in [0.2, 0.25) is 5.02 Å². The van der Waals surface area contributed by atoms with Gasteiger partial charge < -0.3 is 15.5 Å². The van der Waals surface area contributed by atoms with Gasteiger partial charge in [0.2, 0.25) is 5.91 Å². The van der Waals surface area contributed by atoms with Crippen LogP contribution in [0.4, 0.5) is 10.7 Å². The van der Waals surface area contributed by atoms with Crippen LogP contribution in [0.15, 0.2) is 28.6 Å². The Morgan fingerprint density at radius 3 is 2.62 bits per heavy atom. The number of hydrogen-bond donors (Lipinski definition) is 2. The molecule has 156 valence electrons. The summed E-state index contributed by atoms with van der Waals surface area (Å²) < 4.78 is 0.728. The van der Waals surface area contributed by atoms with Crippen LogP contribution < -0.4 is 10.6 Å². The molecule has 1 aromatic carbocycles. The molecule has 0 saturated carbocycles. The number of nitrogens with one attached hydrogen (secondary N) is 2. The summed E-state index contributed by atoms with van der Waals surface area (Å²) in [7, 11) is 0. The number of amides is 2. The van der Waals surface area contributed by atoms with E-state index >= 15 is 0 Å². The van der Waals surface area contributed by atoms with Gasteiger partial charge in [0.1, 0.15) is 5.00 Å². The van der Waals surface area contributed by atoms with E-state index in [1.54, 1.807) is 24.3 Å². The first kappa shape index (κ1) is 22.1. The van der Waals surface area contributed by atoms with Gasteiger partial charge in [-0.3, -0.25) is 9.59 Å². The highest BCUT2D eigenvalue weighted by Crippen LogP contribution is 2.32. The third-order valence-electron chi connectivity index (χ3n) is 4.95. The zero-order valence-corrected chi connectivity index (χ0v) is 19.1. The zero-order chi connectivity index (χ0) is 21.0. The second-order valence-corrected chi connectivity index (χ2v) is 9.71. The van der Waals surface area contributed by atoms with E-state index in [1.807, 2.05) is 6.26 Å². The van der Waals surface area contributed by atoms with Crippen molar-refractivity contribution in [2.75, 3.05) is 30.0 Å². The summed E-state index contributed by atoms with van der Waals surface area (Å²) >= 11 is 8.75. The first-order chi connectivity index (χ1) is 13.9. The predicted molar refractivity (Wildman–Crippen MR) is 121 cm³/mol. The number of nitrogens with zero attached hydrogens (tertiary/aromatic N) is 2. The van der Waals surface area contributed by atoms with E-state index in [0.717, 1.165) is 30.3 Å². The lowest BCUT2D eigenvalue weighted by atomic mass is 9.95. The number of thiazole rings is 1. The number of rotatable bonds is 6. The number of benzene rings is 1. The maximum absolute atomic E-state index is 12.8. The van der Waals surface area contributed by atoms with Crippen molar-refractivity contribution in [3.8, 4) is 0 Å². The van der Waals surface area contributed by atoms with Crippen LogP contribution in [0, 0.1) is 5.92 Å². The van der Waals surface area contributed by atoms with E-state index < -0.39 is 0 Å². The molecule has 1 saturated heterocycles. The molecule has 1 fully saturated rings. The second-order valence-electron chi connectivity index (χ2n) is 7.22. The van der Waals surface area contributed by atoms with Gasteiger partial charge >= 0.3 is 0 Å². The summed E-state index contributed by atoms with van der Waals surface area (Å²) in [5.41, 5.74) is 0.812. The molecule has 3 rings (SSSR count). The van der Waals surface area contributed by atoms with Crippen LogP contribution in [0.5, 0.6) is 0 Å². The first-order valence-electron chi connectivity index (χ1n) is 9.54. The molecular weight excluding hydrogens is 428 g/mol. The molecule has 0 radical (unpaired) electrons. The Hall–Kier alpha value is -1.61. The Bertz CT molecular complexity index is 879. The Kier molecular flexibility index (Phi) is 7.56. The van der Waals surface area contributed by atoms with Gasteiger partial charge in [0.05, 0.1) is 0 Å². The maximum atomic E-state index is 12.8. The van der Waals surface area contributed by atoms with E-state index in [-0.39, 0.29) is 23.4 Å². The summed E-state index contributed by atoms with van der Waals surface area (Å²) in [5, 5.41) is 6.78.